The minimum Gasteiger partial charge on any atom is -0.252 e. The van der Waals surface area contributed by atoms with Crippen LogP contribution in [0.15, 0.2) is 24.3 Å². The van der Waals surface area contributed by atoms with E-state index < -0.39 is 0 Å². The van der Waals surface area contributed by atoms with Gasteiger partial charge in [0.05, 0.1) is 5.69 Å². The highest BCUT2D eigenvalue weighted by Crippen LogP contribution is 2.24. The van der Waals surface area contributed by atoms with Crippen LogP contribution >= 0.6 is 15.9 Å². The second-order valence-electron chi connectivity index (χ2n) is 4.48. The molecule has 1 heterocycles. The van der Waals surface area contributed by atoms with Crippen molar-refractivity contribution in [1.82, 2.24) is 4.98 Å². The van der Waals surface area contributed by atoms with E-state index in [-0.39, 0.29) is 0 Å². The molecular weight excluding hydrogens is 274 g/mol. The van der Waals surface area contributed by atoms with Gasteiger partial charge in [-0.3, -0.25) is 4.98 Å². The minimum absolute atomic E-state index is 0.632. The monoisotopic (exact) mass is 293 g/mol. The van der Waals surface area contributed by atoms with E-state index in [2.05, 4.69) is 48.0 Å². The molecule has 0 aromatic carbocycles. The quantitative estimate of drug-likeness (QED) is 0.755. The lowest BCUT2D eigenvalue weighted by atomic mass is 10.1. The van der Waals surface area contributed by atoms with E-state index in [1.807, 2.05) is 26.0 Å². The maximum absolute atomic E-state index is 4.74. The minimum atomic E-state index is 0.632. The van der Waals surface area contributed by atoms with Gasteiger partial charge >= 0.3 is 0 Å². The molecule has 0 spiro atoms. The number of aromatic nitrogens is 1. The number of pyridine rings is 1. The first-order chi connectivity index (χ1) is 8.08. The van der Waals surface area contributed by atoms with Gasteiger partial charge in [0, 0.05) is 15.7 Å². The molecule has 17 heavy (non-hydrogen) atoms. The molecule has 1 aromatic rings. The highest BCUT2D eigenvalue weighted by Gasteiger charge is 2.07. The molecule has 0 saturated carbocycles. The largest absolute Gasteiger partial charge is 0.252 e. The third kappa shape index (κ3) is 4.12. The van der Waals surface area contributed by atoms with Crippen LogP contribution in [-0.2, 0) is 6.42 Å². The first-order valence-electron chi connectivity index (χ1n) is 6.03. The van der Waals surface area contributed by atoms with Crippen molar-refractivity contribution in [3.63, 3.8) is 0 Å². The SMILES string of the molecule is C/C=C\c1ccc(CC(C)C)nc1/C(Br)=C\C. The van der Waals surface area contributed by atoms with Crippen molar-refractivity contribution in [3.8, 4) is 0 Å². The summed E-state index contributed by atoms with van der Waals surface area (Å²) in [6, 6.07) is 4.26. The second kappa shape index (κ2) is 6.75. The van der Waals surface area contributed by atoms with Crippen LogP contribution < -0.4 is 0 Å². The molecule has 0 radical (unpaired) electrons. The van der Waals surface area contributed by atoms with E-state index in [9.17, 15) is 0 Å². The van der Waals surface area contributed by atoms with Crippen LogP contribution in [0.4, 0.5) is 0 Å². The van der Waals surface area contributed by atoms with Gasteiger partial charge in [-0.1, -0.05) is 38.1 Å². The van der Waals surface area contributed by atoms with Crippen LogP contribution in [-0.4, -0.2) is 4.98 Å². The van der Waals surface area contributed by atoms with Gasteiger partial charge in [-0.05, 0) is 48.2 Å². The van der Waals surface area contributed by atoms with Gasteiger partial charge in [-0.2, -0.15) is 0 Å². The molecule has 1 rings (SSSR count). The highest BCUT2D eigenvalue weighted by molar-refractivity contribution is 9.15. The van der Waals surface area contributed by atoms with E-state index in [1.165, 1.54) is 0 Å². The second-order valence-corrected chi connectivity index (χ2v) is 5.33. The summed E-state index contributed by atoms with van der Waals surface area (Å²) < 4.78 is 1.05. The third-order valence-electron chi connectivity index (χ3n) is 2.43. The predicted octanol–water partition coefficient (Wildman–Crippen LogP) is 5.07. The molecule has 92 valence electrons. The maximum Gasteiger partial charge on any atom is 0.0843 e. The van der Waals surface area contributed by atoms with Crippen LogP contribution in [0.3, 0.4) is 0 Å². The van der Waals surface area contributed by atoms with Crippen LogP contribution in [0, 0.1) is 5.92 Å². The molecule has 0 amide bonds. The Labute approximate surface area is 113 Å². The van der Waals surface area contributed by atoms with Gasteiger partial charge in [-0.25, -0.2) is 0 Å². The molecule has 0 aliphatic rings. The van der Waals surface area contributed by atoms with E-state index >= 15 is 0 Å². The van der Waals surface area contributed by atoms with E-state index in [1.54, 1.807) is 0 Å². The Hall–Kier alpha value is -0.890. The Kier molecular flexibility index (Phi) is 5.63. The van der Waals surface area contributed by atoms with E-state index in [0.717, 1.165) is 27.9 Å². The molecule has 0 saturated heterocycles. The zero-order chi connectivity index (χ0) is 12.8. The summed E-state index contributed by atoms with van der Waals surface area (Å²) in [5, 5.41) is 0. The number of rotatable bonds is 4. The summed E-state index contributed by atoms with van der Waals surface area (Å²) in [6.45, 7) is 8.47. The fourth-order valence-corrected chi connectivity index (χ4v) is 2.00. The van der Waals surface area contributed by atoms with Gasteiger partial charge in [0.2, 0.25) is 0 Å². The first-order valence-corrected chi connectivity index (χ1v) is 6.82. The topological polar surface area (TPSA) is 12.9 Å². The fourth-order valence-electron chi connectivity index (χ4n) is 1.68. The van der Waals surface area contributed by atoms with Gasteiger partial charge < -0.3 is 0 Å². The lowest BCUT2D eigenvalue weighted by Gasteiger charge is -2.09. The van der Waals surface area contributed by atoms with Crippen molar-refractivity contribution < 1.29 is 0 Å². The van der Waals surface area contributed by atoms with Crippen molar-refractivity contribution in [1.29, 1.82) is 0 Å². The average molecular weight is 294 g/mol. The summed E-state index contributed by atoms with van der Waals surface area (Å²) >= 11 is 3.57. The molecule has 2 heteroatoms. The van der Waals surface area contributed by atoms with Crippen LogP contribution in [0.2, 0.25) is 0 Å². The molecule has 0 fully saturated rings. The summed E-state index contributed by atoms with van der Waals surface area (Å²) in [5.74, 6) is 0.632. The van der Waals surface area contributed by atoms with Crippen LogP contribution in [0.5, 0.6) is 0 Å². The maximum atomic E-state index is 4.74. The lowest BCUT2D eigenvalue weighted by Crippen LogP contribution is -2.00. The molecule has 0 aliphatic heterocycles. The number of hydrogen-bond acceptors (Lipinski definition) is 1. The van der Waals surface area contributed by atoms with Crippen molar-refractivity contribution in [3.05, 3.63) is 41.2 Å². The molecule has 1 aromatic heterocycles. The Morgan fingerprint density at radius 1 is 1.35 bits per heavy atom. The summed E-state index contributed by atoms with van der Waals surface area (Å²) in [7, 11) is 0. The summed E-state index contributed by atoms with van der Waals surface area (Å²) in [6.07, 6.45) is 7.19. The molecule has 0 unspecified atom stereocenters. The van der Waals surface area contributed by atoms with Gasteiger partial charge in [0.1, 0.15) is 0 Å². The van der Waals surface area contributed by atoms with Crippen LogP contribution in [0.1, 0.15) is 44.6 Å². The van der Waals surface area contributed by atoms with E-state index in [0.29, 0.717) is 5.92 Å². The Morgan fingerprint density at radius 2 is 2.06 bits per heavy atom. The molecule has 0 aliphatic carbocycles. The average Bonchev–Trinajstić information content (AvgIpc) is 2.29. The molecule has 0 N–H and O–H groups in total. The van der Waals surface area contributed by atoms with Gasteiger partial charge in [-0.15, -0.1) is 0 Å². The standard InChI is InChI=1S/C15H20BrN/c1-5-7-12-8-9-13(10-11(3)4)17-15(12)14(16)6-2/h5-9,11H,10H2,1-4H3/b7-5-,14-6+. The number of hydrogen-bond donors (Lipinski definition) is 0. The Bertz CT molecular complexity index is 431. The van der Waals surface area contributed by atoms with E-state index in [4.69, 9.17) is 4.98 Å². The Morgan fingerprint density at radius 3 is 2.59 bits per heavy atom. The molecule has 0 atom stereocenters. The highest BCUT2D eigenvalue weighted by atomic mass is 79.9. The molecule has 0 bridgehead atoms. The predicted molar refractivity (Wildman–Crippen MR) is 80.1 cm³/mol. The smallest absolute Gasteiger partial charge is 0.0843 e. The normalized spacial score (nSPS) is 12.7. The number of halogens is 1. The number of allylic oxidation sites excluding steroid dienone is 2. The molecular formula is C15H20BrN. The van der Waals surface area contributed by atoms with Crippen molar-refractivity contribution in [2.24, 2.45) is 5.92 Å². The van der Waals surface area contributed by atoms with Gasteiger partial charge in [0.15, 0.2) is 0 Å². The van der Waals surface area contributed by atoms with Gasteiger partial charge in [0.25, 0.3) is 0 Å². The fraction of sp³-hybridized carbons (Fsp3) is 0.400. The zero-order valence-corrected chi connectivity index (χ0v) is 12.6. The van der Waals surface area contributed by atoms with Crippen molar-refractivity contribution >= 4 is 26.5 Å². The third-order valence-corrected chi connectivity index (χ3v) is 3.26. The van der Waals surface area contributed by atoms with Crippen molar-refractivity contribution in [2.75, 3.05) is 0 Å². The molecule has 1 nitrogen and oxygen atoms in total. The summed E-state index contributed by atoms with van der Waals surface area (Å²) in [5.41, 5.74) is 3.34. The van der Waals surface area contributed by atoms with Crippen molar-refractivity contribution in [2.45, 2.75) is 34.1 Å². The first kappa shape index (κ1) is 14.2. The number of nitrogens with zero attached hydrogens (tertiary/aromatic N) is 1. The Balaban J connectivity index is 3.19. The zero-order valence-electron chi connectivity index (χ0n) is 11.0. The van der Waals surface area contributed by atoms with Crippen LogP contribution in [0.25, 0.3) is 10.6 Å². The lowest BCUT2D eigenvalue weighted by molar-refractivity contribution is 0.635. The summed E-state index contributed by atoms with van der Waals surface area (Å²) in [4.78, 5) is 4.74.